The summed E-state index contributed by atoms with van der Waals surface area (Å²) in [6, 6.07) is 2.61. The molecule has 1 N–H and O–H groups in total. The minimum absolute atomic E-state index is 0.298. The van der Waals surface area contributed by atoms with Gasteiger partial charge in [-0.15, -0.1) is 0 Å². The maximum Gasteiger partial charge on any atom is 0.275 e. The zero-order chi connectivity index (χ0) is 11.5. The number of rotatable bonds is 2. The van der Waals surface area contributed by atoms with Gasteiger partial charge in [-0.3, -0.25) is 4.79 Å². The molecule has 0 radical (unpaired) electrons. The van der Waals surface area contributed by atoms with E-state index in [2.05, 4.69) is 15.3 Å². The molecule has 1 amide bonds. The van der Waals surface area contributed by atoms with Crippen molar-refractivity contribution in [2.45, 2.75) is 0 Å². The Morgan fingerprint density at radius 2 is 2.25 bits per heavy atom. The summed E-state index contributed by atoms with van der Waals surface area (Å²) in [5.41, 5.74) is 0.726. The molecule has 0 aliphatic rings. The van der Waals surface area contributed by atoms with E-state index in [1.165, 1.54) is 24.7 Å². The van der Waals surface area contributed by atoms with Crippen LogP contribution < -0.4 is 5.32 Å². The second kappa shape index (κ2) is 4.09. The monoisotopic (exact) mass is 220 g/mol. The van der Waals surface area contributed by atoms with Crippen molar-refractivity contribution in [2.24, 2.45) is 7.05 Å². The van der Waals surface area contributed by atoms with Crippen LogP contribution in [-0.4, -0.2) is 20.4 Å². The summed E-state index contributed by atoms with van der Waals surface area (Å²) < 4.78 is 14.2. The van der Waals surface area contributed by atoms with Crippen LogP contribution in [0.15, 0.2) is 30.9 Å². The third-order valence-electron chi connectivity index (χ3n) is 1.92. The maximum absolute atomic E-state index is 12.5. The summed E-state index contributed by atoms with van der Waals surface area (Å²) >= 11 is 0. The van der Waals surface area contributed by atoms with Gasteiger partial charge in [0.25, 0.3) is 5.91 Å². The lowest BCUT2D eigenvalue weighted by Crippen LogP contribution is -2.12. The van der Waals surface area contributed by atoms with E-state index in [1.807, 2.05) is 0 Å². The lowest BCUT2D eigenvalue weighted by atomic mass is 10.4. The second-order valence-corrected chi connectivity index (χ2v) is 3.25. The number of pyridine rings is 1. The van der Waals surface area contributed by atoms with Crippen molar-refractivity contribution in [1.29, 1.82) is 0 Å². The highest BCUT2D eigenvalue weighted by atomic mass is 19.1. The first-order chi connectivity index (χ1) is 7.65. The van der Waals surface area contributed by atoms with Gasteiger partial charge in [-0.2, -0.15) is 4.39 Å². The number of anilines is 1. The van der Waals surface area contributed by atoms with E-state index in [9.17, 15) is 9.18 Å². The van der Waals surface area contributed by atoms with E-state index in [-0.39, 0.29) is 5.91 Å². The van der Waals surface area contributed by atoms with Crippen LogP contribution >= 0.6 is 0 Å². The Morgan fingerprint density at radius 1 is 1.44 bits per heavy atom. The van der Waals surface area contributed by atoms with Crippen molar-refractivity contribution >= 4 is 11.6 Å². The SMILES string of the molecule is Cn1cnc(C(=O)Nc2ccc(F)nc2)c1. The summed E-state index contributed by atoms with van der Waals surface area (Å²) in [6.45, 7) is 0. The van der Waals surface area contributed by atoms with Gasteiger partial charge in [0.2, 0.25) is 5.95 Å². The van der Waals surface area contributed by atoms with E-state index in [0.29, 0.717) is 11.4 Å². The van der Waals surface area contributed by atoms with Gasteiger partial charge in [-0.05, 0) is 12.1 Å². The molecule has 0 saturated carbocycles. The van der Waals surface area contributed by atoms with Gasteiger partial charge in [0.05, 0.1) is 18.2 Å². The van der Waals surface area contributed by atoms with Crippen LogP contribution in [0.4, 0.5) is 10.1 Å². The number of carbonyl (C=O) groups excluding carboxylic acids is 1. The fourth-order valence-corrected chi connectivity index (χ4v) is 1.17. The average molecular weight is 220 g/mol. The van der Waals surface area contributed by atoms with Crippen molar-refractivity contribution in [3.05, 3.63) is 42.5 Å². The summed E-state index contributed by atoms with van der Waals surface area (Å²) in [7, 11) is 1.77. The third-order valence-corrected chi connectivity index (χ3v) is 1.92. The van der Waals surface area contributed by atoms with E-state index in [0.717, 1.165) is 0 Å². The number of nitrogens with zero attached hydrogens (tertiary/aromatic N) is 3. The van der Waals surface area contributed by atoms with Gasteiger partial charge in [0.1, 0.15) is 5.69 Å². The fourth-order valence-electron chi connectivity index (χ4n) is 1.17. The molecule has 2 aromatic heterocycles. The Hall–Kier alpha value is -2.24. The molecule has 6 heteroatoms. The second-order valence-electron chi connectivity index (χ2n) is 3.25. The Labute approximate surface area is 91.0 Å². The van der Waals surface area contributed by atoms with E-state index in [1.54, 1.807) is 17.8 Å². The smallest absolute Gasteiger partial charge is 0.275 e. The summed E-state index contributed by atoms with van der Waals surface area (Å²) in [6.07, 6.45) is 4.36. The number of carbonyl (C=O) groups is 1. The normalized spacial score (nSPS) is 10.1. The molecule has 16 heavy (non-hydrogen) atoms. The molecular formula is C10H9FN4O. The lowest BCUT2D eigenvalue weighted by Gasteiger charge is -2.01. The minimum Gasteiger partial charge on any atom is -0.340 e. The third kappa shape index (κ3) is 2.22. The molecule has 0 atom stereocenters. The molecule has 0 spiro atoms. The number of aromatic nitrogens is 3. The van der Waals surface area contributed by atoms with Crippen molar-refractivity contribution in [1.82, 2.24) is 14.5 Å². The summed E-state index contributed by atoms with van der Waals surface area (Å²) in [5, 5.41) is 2.55. The molecule has 82 valence electrons. The molecule has 5 nitrogen and oxygen atoms in total. The van der Waals surface area contributed by atoms with Crippen LogP contribution in [0.2, 0.25) is 0 Å². The van der Waals surface area contributed by atoms with Gasteiger partial charge in [-0.1, -0.05) is 0 Å². The first-order valence-corrected chi connectivity index (χ1v) is 4.56. The van der Waals surface area contributed by atoms with E-state index < -0.39 is 5.95 Å². The Bertz CT molecular complexity index is 506. The molecule has 0 aliphatic heterocycles. The van der Waals surface area contributed by atoms with Crippen LogP contribution in [0.1, 0.15) is 10.5 Å². The maximum atomic E-state index is 12.5. The molecule has 0 aromatic carbocycles. The Balaban J connectivity index is 2.10. The number of nitrogens with one attached hydrogen (secondary N) is 1. The molecule has 2 aromatic rings. The molecule has 2 rings (SSSR count). The number of aryl methyl sites for hydroxylation is 1. The fraction of sp³-hybridized carbons (Fsp3) is 0.100. The summed E-state index contributed by atoms with van der Waals surface area (Å²) in [4.78, 5) is 18.9. The van der Waals surface area contributed by atoms with Gasteiger partial charge < -0.3 is 9.88 Å². The number of halogens is 1. The highest BCUT2D eigenvalue weighted by molar-refractivity contribution is 6.02. The van der Waals surface area contributed by atoms with E-state index in [4.69, 9.17) is 0 Å². The minimum atomic E-state index is -0.587. The Kier molecular flexibility index (Phi) is 2.63. The first-order valence-electron chi connectivity index (χ1n) is 4.56. The van der Waals surface area contributed by atoms with Gasteiger partial charge in [0, 0.05) is 13.2 Å². The van der Waals surface area contributed by atoms with Crippen molar-refractivity contribution in [3.8, 4) is 0 Å². The number of imidazole rings is 1. The topological polar surface area (TPSA) is 59.8 Å². The van der Waals surface area contributed by atoms with Gasteiger partial charge in [-0.25, -0.2) is 9.97 Å². The standard InChI is InChI=1S/C10H9FN4O/c1-15-5-8(13-6-15)10(16)14-7-2-3-9(11)12-4-7/h2-6H,1H3,(H,14,16). The number of hydrogen-bond donors (Lipinski definition) is 1. The van der Waals surface area contributed by atoms with Crippen LogP contribution in [0, 0.1) is 5.95 Å². The molecule has 0 fully saturated rings. The van der Waals surface area contributed by atoms with Gasteiger partial charge >= 0.3 is 0 Å². The van der Waals surface area contributed by atoms with E-state index >= 15 is 0 Å². The lowest BCUT2D eigenvalue weighted by molar-refractivity contribution is 0.102. The largest absolute Gasteiger partial charge is 0.340 e. The molecular weight excluding hydrogens is 211 g/mol. The zero-order valence-corrected chi connectivity index (χ0v) is 8.51. The average Bonchev–Trinajstić information content (AvgIpc) is 2.68. The highest BCUT2D eigenvalue weighted by Crippen LogP contribution is 2.07. The predicted octanol–water partition coefficient (Wildman–Crippen LogP) is 1.21. The molecule has 0 aliphatic carbocycles. The van der Waals surface area contributed by atoms with Crippen LogP contribution in [-0.2, 0) is 7.05 Å². The van der Waals surface area contributed by atoms with Gasteiger partial charge in [0.15, 0.2) is 0 Å². The number of amides is 1. The molecule has 0 saturated heterocycles. The predicted molar refractivity (Wildman–Crippen MR) is 55.4 cm³/mol. The van der Waals surface area contributed by atoms with Crippen LogP contribution in [0.5, 0.6) is 0 Å². The quantitative estimate of drug-likeness (QED) is 0.774. The zero-order valence-electron chi connectivity index (χ0n) is 8.51. The molecule has 0 bridgehead atoms. The molecule has 2 heterocycles. The van der Waals surface area contributed by atoms with Crippen LogP contribution in [0.3, 0.4) is 0 Å². The highest BCUT2D eigenvalue weighted by Gasteiger charge is 2.08. The first kappa shape index (κ1) is 10.3. The molecule has 0 unspecified atom stereocenters. The summed E-state index contributed by atoms with van der Waals surface area (Å²) in [5.74, 6) is -0.940. The number of hydrogen-bond acceptors (Lipinski definition) is 3. The van der Waals surface area contributed by atoms with Crippen molar-refractivity contribution in [2.75, 3.05) is 5.32 Å². The van der Waals surface area contributed by atoms with Crippen molar-refractivity contribution in [3.63, 3.8) is 0 Å². The van der Waals surface area contributed by atoms with Crippen LogP contribution in [0.25, 0.3) is 0 Å². The Morgan fingerprint density at radius 3 is 2.81 bits per heavy atom. The van der Waals surface area contributed by atoms with Crippen molar-refractivity contribution < 1.29 is 9.18 Å².